The van der Waals surface area contributed by atoms with E-state index in [9.17, 15) is 18.3 Å². The number of carbonyl (C=O) groups excluding carboxylic acids is 1. The Kier molecular flexibility index (Phi) is 5.74. The van der Waals surface area contributed by atoms with Crippen molar-refractivity contribution in [2.75, 3.05) is 18.9 Å². The van der Waals surface area contributed by atoms with E-state index in [0.29, 0.717) is 18.7 Å². The number of urea groups is 1. The molecule has 0 saturated heterocycles. The summed E-state index contributed by atoms with van der Waals surface area (Å²) < 4.78 is 32.9. The molecular weight excluding hydrogens is 442 g/mol. The van der Waals surface area contributed by atoms with E-state index in [2.05, 4.69) is 16.1 Å². The molecule has 3 aliphatic carbocycles. The van der Waals surface area contributed by atoms with Crippen LogP contribution in [0.15, 0.2) is 27.9 Å². The average Bonchev–Trinajstić information content (AvgIpc) is 3.46. The minimum atomic E-state index is -4.15. The van der Waals surface area contributed by atoms with Crippen LogP contribution in [0.2, 0.25) is 0 Å². The molecule has 1 saturated carbocycles. The average molecular weight is 474 g/mol. The van der Waals surface area contributed by atoms with Crippen molar-refractivity contribution in [1.82, 2.24) is 9.62 Å². The van der Waals surface area contributed by atoms with Crippen LogP contribution in [0.5, 0.6) is 0 Å². The van der Waals surface area contributed by atoms with Gasteiger partial charge >= 0.3 is 6.03 Å². The number of rotatable bonds is 7. The molecule has 0 atom stereocenters. The topological polar surface area (TPSA) is 112 Å². The number of aliphatic hydroxyl groups is 1. The van der Waals surface area contributed by atoms with E-state index in [4.69, 9.17) is 4.42 Å². The number of hydrogen-bond acceptors (Lipinski definition) is 6. The summed E-state index contributed by atoms with van der Waals surface area (Å²) in [6.45, 7) is 0.961. The number of fused-ring (bicyclic) bond motifs is 2. The van der Waals surface area contributed by atoms with Gasteiger partial charge in [0, 0.05) is 30.4 Å². The minimum Gasteiger partial charge on any atom is -0.451 e. The Morgan fingerprint density at radius 1 is 1.09 bits per heavy atom. The first kappa shape index (κ1) is 22.4. The number of hydrogen-bond donors (Lipinski definition) is 3. The summed E-state index contributed by atoms with van der Waals surface area (Å²) in [5, 5.41) is 12.9. The Morgan fingerprint density at radius 3 is 2.36 bits per heavy atom. The van der Waals surface area contributed by atoms with Gasteiger partial charge in [-0.1, -0.05) is 6.07 Å². The van der Waals surface area contributed by atoms with Gasteiger partial charge in [0.05, 0.1) is 11.9 Å². The van der Waals surface area contributed by atoms with Crippen LogP contribution in [-0.2, 0) is 42.3 Å². The summed E-state index contributed by atoms with van der Waals surface area (Å²) in [6.07, 6.45) is 9.87. The fourth-order valence-corrected chi connectivity index (χ4v) is 6.35. The highest BCUT2D eigenvalue weighted by atomic mass is 32.2. The maximum absolute atomic E-state index is 12.8. The molecule has 0 radical (unpaired) electrons. The molecule has 2 aromatic rings. The number of benzene rings is 1. The first-order valence-corrected chi connectivity index (χ1v) is 13.2. The van der Waals surface area contributed by atoms with Crippen LogP contribution < -0.4 is 10.0 Å². The number of amides is 2. The number of sulfonamides is 1. The van der Waals surface area contributed by atoms with Crippen molar-refractivity contribution in [3.05, 3.63) is 46.2 Å². The van der Waals surface area contributed by atoms with Crippen LogP contribution in [0.1, 0.15) is 59.9 Å². The van der Waals surface area contributed by atoms with E-state index in [1.807, 2.05) is 11.9 Å². The Morgan fingerprint density at radius 2 is 1.76 bits per heavy atom. The first-order valence-electron chi connectivity index (χ1n) is 11.7. The largest absolute Gasteiger partial charge is 0.451 e. The predicted molar refractivity (Wildman–Crippen MR) is 124 cm³/mol. The minimum absolute atomic E-state index is 0.299. The lowest BCUT2D eigenvalue weighted by Crippen LogP contribution is -2.46. The maximum Gasteiger partial charge on any atom is 0.333 e. The molecule has 178 valence electrons. The zero-order chi connectivity index (χ0) is 23.2. The number of carbonyl (C=O) groups is 1. The number of nitrogens with one attached hydrogen (secondary N) is 2. The molecule has 9 heteroatoms. The molecule has 1 heterocycles. The highest BCUT2D eigenvalue weighted by Crippen LogP contribution is 2.38. The van der Waals surface area contributed by atoms with Crippen LogP contribution in [0.25, 0.3) is 0 Å². The molecule has 5 rings (SSSR count). The molecule has 1 aromatic carbocycles. The standard InChI is InChI=1S/C24H31N3O5S/c1-27(15-24(29)9-4-10-24)13-16-11-21(32-14-16)33(30,31)26-23(28)25-22-19-7-2-5-17(19)12-18-6-3-8-20(18)22/h11-12,14,29H,2-10,13,15H2,1H3,(H2,25,26,28). The van der Waals surface area contributed by atoms with E-state index in [1.165, 1.54) is 23.5 Å². The lowest BCUT2D eigenvalue weighted by molar-refractivity contribution is -0.0556. The fraction of sp³-hybridized carbons (Fsp3) is 0.542. The van der Waals surface area contributed by atoms with Gasteiger partial charge in [-0.25, -0.2) is 9.52 Å². The summed E-state index contributed by atoms with van der Waals surface area (Å²) >= 11 is 0. The summed E-state index contributed by atoms with van der Waals surface area (Å²) in [5.41, 5.74) is 5.62. The summed E-state index contributed by atoms with van der Waals surface area (Å²) in [6, 6.07) is 2.91. The molecule has 0 unspecified atom stereocenters. The fourth-order valence-electron chi connectivity index (χ4n) is 5.47. The van der Waals surface area contributed by atoms with Crippen LogP contribution in [-0.4, -0.2) is 43.6 Å². The molecular formula is C24H31N3O5S. The maximum atomic E-state index is 12.8. The van der Waals surface area contributed by atoms with Gasteiger partial charge in [-0.05, 0) is 87.1 Å². The van der Waals surface area contributed by atoms with Crippen molar-refractivity contribution in [2.45, 2.75) is 75.0 Å². The summed E-state index contributed by atoms with van der Waals surface area (Å²) in [4.78, 5) is 14.6. The Labute approximate surface area is 194 Å². The van der Waals surface area contributed by atoms with E-state index in [1.54, 1.807) is 0 Å². The van der Waals surface area contributed by atoms with E-state index < -0.39 is 21.7 Å². The monoisotopic (exact) mass is 473 g/mol. The number of furan rings is 1. The smallest absolute Gasteiger partial charge is 0.333 e. The third-order valence-corrected chi connectivity index (χ3v) is 8.33. The van der Waals surface area contributed by atoms with Gasteiger partial charge in [0.2, 0.25) is 5.09 Å². The highest BCUT2D eigenvalue weighted by Gasteiger charge is 2.35. The third-order valence-electron chi connectivity index (χ3n) is 7.13. The van der Waals surface area contributed by atoms with E-state index in [-0.39, 0.29) is 5.09 Å². The third kappa shape index (κ3) is 4.54. The first-order chi connectivity index (χ1) is 15.7. The zero-order valence-electron chi connectivity index (χ0n) is 18.9. The lowest BCUT2D eigenvalue weighted by atomic mass is 9.80. The van der Waals surface area contributed by atoms with Gasteiger partial charge < -0.3 is 14.8 Å². The van der Waals surface area contributed by atoms with Gasteiger partial charge in [0.25, 0.3) is 10.0 Å². The Hall–Kier alpha value is -2.36. The summed E-state index contributed by atoms with van der Waals surface area (Å²) in [5.74, 6) is 0. The highest BCUT2D eigenvalue weighted by molar-refractivity contribution is 7.89. The second-order valence-corrected chi connectivity index (χ2v) is 11.4. The van der Waals surface area contributed by atoms with Crippen molar-refractivity contribution >= 4 is 21.7 Å². The molecule has 2 amide bonds. The van der Waals surface area contributed by atoms with Crippen molar-refractivity contribution in [3.8, 4) is 0 Å². The molecule has 1 fully saturated rings. The van der Waals surface area contributed by atoms with Gasteiger partial charge in [0.15, 0.2) is 0 Å². The number of aryl methyl sites for hydroxylation is 2. The van der Waals surface area contributed by atoms with Crippen LogP contribution in [0, 0.1) is 0 Å². The SMILES string of the molecule is CN(Cc1coc(S(=O)(=O)NC(=O)Nc2c3c(cc4c2CCC4)CCC3)c1)CC1(O)CCC1. The normalized spacial score (nSPS) is 18.6. The van der Waals surface area contributed by atoms with Crippen LogP contribution >= 0.6 is 0 Å². The molecule has 3 N–H and O–H groups in total. The van der Waals surface area contributed by atoms with Gasteiger partial charge in [-0.15, -0.1) is 0 Å². The number of likely N-dealkylation sites (N-methyl/N-ethyl adjacent to an activating group) is 1. The quantitative estimate of drug-likeness (QED) is 0.570. The van der Waals surface area contributed by atoms with E-state index in [0.717, 1.165) is 74.6 Å². The number of nitrogens with zero attached hydrogens (tertiary/aromatic N) is 1. The lowest BCUT2D eigenvalue weighted by Gasteiger charge is -2.39. The molecule has 0 bridgehead atoms. The van der Waals surface area contributed by atoms with Crippen molar-refractivity contribution in [2.24, 2.45) is 0 Å². The Bertz CT molecular complexity index is 1150. The predicted octanol–water partition coefficient (Wildman–Crippen LogP) is 3.11. The molecule has 3 aliphatic rings. The van der Waals surface area contributed by atoms with Crippen LogP contribution in [0.4, 0.5) is 10.5 Å². The summed E-state index contributed by atoms with van der Waals surface area (Å²) in [7, 11) is -2.27. The van der Waals surface area contributed by atoms with Gasteiger partial charge in [-0.2, -0.15) is 8.42 Å². The zero-order valence-corrected chi connectivity index (χ0v) is 19.8. The number of anilines is 1. The van der Waals surface area contributed by atoms with Gasteiger partial charge in [0.1, 0.15) is 0 Å². The van der Waals surface area contributed by atoms with Crippen molar-refractivity contribution in [1.29, 1.82) is 0 Å². The van der Waals surface area contributed by atoms with Crippen molar-refractivity contribution in [3.63, 3.8) is 0 Å². The van der Waals surface area contributed by atoms with Crippen molar-refractivity contribution < 1.29 is 22.7 Å². The van der Waals surface area contributed by atoms with Gasteiger partial charge in [-0.3, -0.25) is 4.90 Å². The molecule has 0 spiro atoms. The second kappa shape index (κ2) is 8.45. The van der Waals surface area contributed by atoms with E-state index >= 15 is 0 Å². The second-order valence-electron chi connectivity index (χ2n) is 9.82. The Balaban J connectivity index is 1.25. The molecule has 8 nitrogen and oxygen atoms in total. The molecule has 0 aliphatic heterocycles. The van der Waals surface area contributed by atoms with Crippen LogP contribution in [0.3, 0.4) is 0 Å². The molecule has 33 heavy (non-hydrogen) atoms. The molecule has 1 aromatic heterocycles.